The molecule has 1 saturated heterocycles. The molecule has 4 aromatic rings. The number of rotatable bonds is 15. The van der Waals surface area contributed by atoms with Gasteiger partial charge in [-0.1, -0.05) is 79.7 Å². The van der Waals surface area contributed by atoms with E-state index < -0.39 is 29.5 Å². The minimum atomic E-state index is -1.24. The van der Waals surface area contributed by atoms with E-state index in [1.54, 1.807) is 30.3 Å². The number of anilines is 1. The van der Waals surface area contributed by atoms with Crippen LogP contribution < -0.4 is 25.7 Å². The van der Waals surface area contributed by atoms with Crippen LogP contribution in [0.15, 0.2) is 91.0 Å². The summed E-state index contributed by atoms with van der Waals surface area (Å²) in [6, 6.07) is 21.6. The average molecular weight is 686 g/mol. The van der Waals surface area contributed by atoms with Gasteiger partial charge in [0, 0.05) is 18.0 Å². The Balaban J connectivity index is 1.19. The van der Waals surface area contributed by atoms with Crippen molar-refractivity contribution >= 4 is 45.0 Å². The molecule has 1 aliphatic carbocycles. The van der Waals surface area contributed by atoms with Crippen molar-refractivity contribution < 1.29 is 28.3 Å². The molecule has 2 fully saturated rings. The topological polar surface area (TPSA) is 122 Å². The predicted molar refractivity (Wildman–Crippen MR) is 187 cm³/mol. The van der Waals surface area contributed by atoms with E-state index in [4.69, 9.17) is 9.57 Å². The van der Waals surface area contributed by atoms with Crippen molar-refractivity contribution in [3.63, 3.8) is 0 Å². The molecule has 1 aliphatic heterocycles. The largest absolute Gasteiger partial charge is 0.465 e. The molecule has 2 heterocycles. The molecule has 4 atom stereocenters. The molecule has 6 rings (SSSR count). The van der Waals surface area contributed by atoms with Gasteiger partial charge in [0.15, 0.2) is 5.75 Å². The second kappa shape index (κ2) is 15.5. The normalized spacial score (nSPS) is 21.4. The van der Waals surface area contributed by atoms with Gasteiger partial charge in [-0.3, -0.25) is 14.4 Å². The molecule has 3 amide bonds. The number of nitrogens with zero attached hydrogens (tertiary/aromatic N) is 2. The molecule has 12 heteroatoms. The first-order chi connectivity index (χ1) is 23.8. The number of ether oxygens (including phenoxy) is 1. The number of carbonyl (C=O) groups is 3. The smallest absolute Gasteiger partial charge is 0.278 e. The van der Waals surface area contributed by atoms with Gasteiger partial charge in [-0.05, 0) is 61.7 Å². The molecule has 2 aliphatic rings. The molecule has 1 unspecified atom stereocenters. The summed E-state index contributed by atoms with van der Waals surface area (Å²) in [5, 5.41) is 6.46. The first-order valence-corrected chi connectivity index (χ1v) is 17.5. The highest BCUT2D eigenvalue weighted by atomic mass is 32.1. The Kier molecular flexibility index (Phi) is 10.7. The number of halogens is 1. The highest BCUT2D eigenvalue weighted by Crippen LogP contribution is 2.45. The molecule has 49 heavy (non-hydrogen) atoms. The number of thiazole rings is 1. The predicted octanol–water partition coefficient (Wildman–Crippen LogP) is 6.02. The second-order valence-corrected chi connectivity index (χ2v) is 13.4. The lowest BCUT2D eigenvalue weighted by Crippen LogP contribution is -2.56. The number of para-hydroxylation sites is 2. The van der Waals surface area contributed by atoms with Crippen molar-refractivity contribution in [3.8, 4) is 10.9 Å². The van der Waals surface area contributed by atoms with Crippen LogP contribution in [0.4, 0.5) is 10.1 Å². The van der Waals surface area contributed by atoms with Crippen molar-refractivity contribution in [2.75, 3.05) is 18.4 Å². The van der Waals surface area contributed by atoms with Crippen LogP contribution in [0, 0.1) is 11.7 Å². The van der Waals surface area contributed by atoms with Crippen LogP contribution in [-0.2, 0) is 14.4 Å². The maximum absolute atomic E-state index is 14.1. The Hall–Kier alpha value is -4.97. The van der Waals surface area contributed by atoms with E-state index in [1.165, 1.54) is 28.4 Å². The van der Waals surface area contributed by atoms with Crippen LogP contribution in [-0.4, -0.2) is 58.4 Å². The Morgan fingerprint density at radius 1 is 1.06 bits per heavy atom. The monoisotopic (exact) mass is 685 g/mol. The lowest BCUT2D eigenvalue weighted by atomic mass is 10.1. The summed E-state index contributed by atoms with van der Waals surface area (Å²) in [5.41, 5.74) is 2.67. The van der Waals surface area contributed by atoms with E-state index in [2.05, 4.69) is 34.1 Å². The summed E-state index contributed by atoms with van der Waals surface area (Å²) >= 11 is 1.20. The molecular weight excluding hydrogens is 646 g/mol. The van der Waals surface area contributed by atoms with Gasteiger partial charge in [0.1, 0.15) is 23.5 Å². The Bertz CT molecular complexity index is 1790. The number of hydrogen-bond acceptors (Lipinski definition) is 8. The highest BCUT2D eigenvalue weighted by molar-refractivity contribution is 7.20. The third-order valence-electron chi connectivity index (χ3n) is 8.82. The number of hydrogen-bond donors (Lipinski definition) is 3. The average Bonchev–Trinajstić information content (AvgIpc) is 3.41. The summed E-state index contributed by atoms with van der Waals surface area (Å²) in [5.74, 6) is -1.37. The standard InChI is InChI=1S/C37H40FN5O5S/c1-2-3-4-5-8-13-25-22-37(25,35(46)42-48-28-16-11-7-12-17-28)41-34(45)31-21-29(47-36-40-30-19-18-26(38)20-32(30)49-36)24-43(31)33(44)23-39-27-14-9-6-10-15-27/h6-20,25,29,31,39H,2-5,21-24H2,1H3,(H,41,45)(H,42,46)/b13-8-/t25-,29?,31+,37-/m1/s1. The molecule has 1 saturated carbocycles. The minimum Gasteiger partial charge on any atom is -0.465 e. The van der Waals surface area contributed by atoms with E-state index >= 15 is 0 Å². The van der Waals surface area contributed by atoms with Gasteiger partial charge in [-0.15, -0.1) is 0 Å². The third kappa shape index (κ3) is 8.37. The lowest BCUT2D eigenvalue weighted by Gasteiger charge is -2.26. The molecule has 0 spiro atoms. The van der Waals surface area contributed by atoms with Crippen LogP contribution in [0.1, 0.15) is 45.4 Å². The molecule has 10 nitrogen and oxygen atoms in total. The summed E-state index contributed by atoms with van der Waals surface area (Å²) in [4.78, 5) is 52.9. The number of likely N-dealkylation sites (tertiary alicyclic amines) is 1. The summed E-state index contributed by atoms with van der Waals surface area (Å²) in [6.45, 7) is 2.24. The van der Waals surface area contributed by atoms with Crippen LogP contribution in [0.5, 0.6) is 10.9 Å². The highest BCUT2D eigenvalue weighted by Gasteiger charge is 2.61. The Morgan fingerprint density at radius 3 is 2.61 bits per heavy atom. The fourth-order valence-electron chi connectivity index (χ4n) is 6.06. The zero-order valence-corrected chi connectivity index (χ0v) is 28.1. The number of nitrogens with one attached hydrogen (secondary N) is 3. The molecule has 1 aromatic heterocycles. The number of benzene rings is 3. The molecule has 256 valence electrons. The Labute approximate surface area is 288 Å². The van der Waals surface area contributed by atoms with Crippen molar-refractivity contribution in [1.29, 1.82) is 0 Å². The maximum Gasteiger partial charge on any atom is 0.278 e. The van der Waals surface area contributed by atoms with E-state index in [-0.39, 0.29) is 37.2 Å². The maximum atomic E-state index is 14.1. The number of aromatic nitrogens is 1. The first-order valence-electron chi connectivity index (χ1n) is 16.7. The summed E-state index contributed by atoms with van der Waals surface area (Å²) in [7, 11) is 0. The molecule has 3 aromatic carbocycles. The van der Waals surface area contributed by atoms with Gasteiger partial charge < -0.3 is 25.1 Å². The summed E-state index contributed by atoms with van der Waals surface area (Å²) in [6.07, 6.45) is 8.22. The number of carbonyl (C=O) groups excluding carboxylic acids is 3. The first kappa shape index (κ1) is 33.9. The number of allylic oxidation sites excluding steroid dienone is 1. The van der Waals surface area contributed by atoms with Crippen molar-refractivity contribution in [2.24, 2.45) is 5.92 Å². The van der Waals surface area contributed by atoms with E-state index in [0.717, 1.165) is 31.4 Å². The number of fused-ring (bicyclic) bond motifs is 1. The van der Waals surface area contributed by atoms with Crippen LogP contribution in [0.25, 0.3) is 10.2 Å². The zero-order chi connectivity index (χ0) is 34.2. The van der Waals surface area contributed by atoms with E-state index in [0.29, 0.717) is 27.6 Å². The Morgan fingerprint density at radius 2 is 1.84 bits per heavy atom. The van der Waals surface area contributed by atoms with Gasteiger partial charge in [0.2, 0.25) is 11.8 Å². The van der Waals surface area contributed by atoms with Gasteiger partial charge in [0.25, 0.3) is 11.1 Å². The minimum absolute atomic E-state index is 0.0411. The lowest BCUT2D eigenvalue weighted by molar-refractivity contribution is -0.140. The van der Waals surface area contributed by atoms with Crippen molar-refractivity contribution in [2.45, 2.75) is 63.1 Å². The number of unbranched alkanes of at least 4 members (excludes halogenated alkanes) is 3. The quantitative estimate of drug-likeness (QED) is 0.0796. The molecule has 3 N–H and O–H groups in total. The number of amides is 3. The molecule has 0 radical (unpaired) electrons. The number of hydroxylamine groups is 1. The van der Waals surface area contributed by atoms with Gasteiger partial charge in [0.05, 0.1) is 23.3 Å². The van der Waals surface area contributed by atoms with E-state index in [1.807, 2.05) is 42.5 Å². The van der Waals surface area contributed by atoms with Gasteiger partial charge >= 0.3 is 0 Å². The van der Waals surface area contributed by atoms with E-state index in [9.17, 15) is 18.8 Å². The second-order valence-electron chi connectivity index (χ2n) is 12.4. The van der Waals surface area contributed by atoms with Crippen molar-refractivity contribution in [1.82, 2.24) is 20.7 Å². The molecule has 0 bridgehead atoms. The SMILES string of the molecule is CCCCC/C=C\[C@@H]1C[C@]1(NC(=O)[C@@H]1CC(Oc2nc3ccc(F)cc3s2)CN1C(=O)CNc1ccccc1)C(=O)NOc1ccccc1. The molecular formula is C37H40FN5O5S. The fraction of sp³-hybridized carbons (Fsp3) is 0.351. The van der Waals surface area contributed by atoms with Gasteiger partial charge in [-0.2, -0.15) is 5.48 Å². The third-order valence-corrected chi connectivity index (χ3v) is 9.72. The van der Waals surface area contributed by atoms with Crippen LogP contribution >= 0.6 is 11.3 Å². The zero-order valence-electron chi connectivity index (χ0n) is 27.3. The van der Waals surface area contributed by atoms with Gasteiger partial charge in [-0.25, -0.2) is 9.37 Å². The van der Waals surface area contributed by atoms with Crippen LogP contribution in [0.2, 0.25) is 0 Å². The summed E-state index contributed by atoms with van der Waals surface area (Å²) < 4.78 is 20.6. The van der Waals surface area contributed by atoms with Crippen molar-refractivity contribution in [3.05, 3.63) is 96.8 Å². The van der Waals surface area contributed by atoms with Crippen LogP contribution in [0.3, 0.4) is 0 Å². The fourth-order valence-corrected chi connectivity index (χ4v) is 6.96.